The largest absolute Gasteiger partial charge is 0.478 e. The Bertz CT molecular complexity index is 2330. The molecular weight excluding hydrogens is 556 g/mol. The zero-order valence-electron chi connectivity index (χ0n) is 24.0. The van der Waals surface area contributed by atoms with E-state index in [4.69, 9.17) is 9.97 Å². The molecule has 6 heteroatoms. The molecular formula is C39H26N4O2. The van der Waals surface area contributed by atoms with Crippen molar-refractivity contribution in [3.63, 3.8) is 0 Å². The number of nitrogens with zero attached hydrogens (tertiary/aromatic N) is 2. The molecule has 8 rings (SSSR count). The molecule has 214 valence electrons. The van der Waals surface area contributed by atoms with Crippen LogP contribution in [0.2, 0.25) is 0 Å². The molecule has 0 spiro atoms. The van der Waals surface area contributed by atoms with Gasteiger partial charge in [-0.1, -0.05) is 72.8 Å². The summed E-state index contributed by atoms with van der Waals surface area (Å²) in [7, 11) is 0. The maximum Gasteiger partial charge on any atom is 0.335 e. The third-order valence-electron chi connectivity index (χ3n) is 8.12. The number of hydrogen-bond donors (Lipinski definition) is 3. The van der Waals surface area contributed by atoms with Crippen molar-refractivity contribution in [2.24, 2.45) is 0 Å². The lowest BCUT2D eigenvalue weighted by Gasteiger charge is -2.06. The van der Waals surface area contributed by atoms with Crippen molar-refractivity contribution in [2.75, 3.05) is 0 Å². The Morgan fingerprint density at radius 2 is 1.00 bits per heavy atom. The van der Waals surface area contributed by atoms with Crippen LogP contribution in [0.3, 0.4) is 0 Å². The van der Waals surface area contributed by atoms with E-state index in [2.05, 4.69) is 70.7 Å². The number of carboxylic acids is 1. The zero-order chi connectivity index (χ0) is 30.3. The van der Waals surface area contributed by atoms with E-state index in [1.807, 2.05) is 66.7 Å². The molecule has 0 fully saturated rings. The van der Waals surface area contributed by atoms with Gasteiger partial charge in [-0.3, -0.25) is 0 Å². The Morgan fingerprint density at radius 1 is 0.511 bits per heavy atom. The van der Waals surface area contributed by atoms with Gasteiger partial charge in [-0.2, -0.15) is 0 Å². The minimum atomic E-state index is -0.961. The van der Waals surface area contributed by atoms with Crippen molar-refractivity contribution >= 4 is 52.3 Å². The van der Waals surface area contributed by atoms with E-state index >= 15 is 0 Å². The van der Waals surface area contributed by atoms with Crippen molar-refractivity contribution < 1.29 is 9.90 Å². The first-order valence-corrected chi connectivity index (χ1v) is 14.7. The molecule has 2 aliphatic heterocycles. The van der Waals surface area contributed by atoms with Crippen molar-refractivity contribution in [3.05, 3.63) is 144 Å². The van der Waals surface area contributed by atoms with Crippen LogP contribution in [0.4, 0.5) is 0 Å². The van der Waals surface area contributed by atoms with Gasteiger partial charge < -0.3 is 15.1 Å². The first-order valence-electron chi connectivity index (χ1n) is 14.7. The summed E-state index contributed by atoms with van der Waals surface area (Å²) in [5.74, 6) is -0.961. The average molecular weight is 583 g/mol. The molecule has 0 saturated carbocycles. The number of fused-ring (bicyclic) bond motifs is 8. The maximum absolute atomic E-state index is 11.6. The maximum atomic E-state index is 11.6. The normalized spacial score (nSPS) is 12.0. The summed E-state index contributed by atoms with van der Waals surface area (Å²) in [6, 6.07) is 37.8. The van der Waals surface area contributed by atoms with E-state index in [9.17, 15) is 9.90 Å². The Morgan fingerprint density at radius 3 is 1.58 bits per heavy atom. The number of hydrogen-bond acceptors (Lipinski definition) is 3. The van der Waals surface area contributed by atoms with E-state index in [0.717, 1.165) is 78.2 Å². The van der Waals surface area contributed by atoms with Crippen LogP contribution in [0, 0.1) is 0 Å². The van der Waals surface area contributed by atoms with Gasteiger partial charge in [0.1, 0.15) is 0 Å². The quantitative estimate of drug-likeness (QED) is 0.193. The number of carbonyl (C=O) groups is 1. The SMILES string of the molecule is O=C(O)c1ccc(-c2c3nc(cc4ccc([nH]4)c(-c4ccccc4)c4nc(c(-c5ccccc5)c5ccc2[nH]5)C=C4)C=C3)cc1. The standard InChI is InChI=1S/C39H26N4O2/c44-39(45)27-13-11-26(12-14-27)38-31-18-16-29(41-31)23-28-15-17-30(40-28)36(24-7-3-1-4-8-24)32-19-20-33(42-32)37(25-9-5-2-6-10-25)34-21-22-35(38)43-34/h1-23,40,43H,(H,44,45). The molecule has 0 aliphatic carbocycles. The van der Waals surface area contributed by atoms with Crippen LogP contribution in [0.1, 0.15) is 33.1 Å². The fourth-order valence-electron chi connectivity index (χ4n) is 6.04. The third-order valence-corrected chi connectivity index (χ3v) is 8.12. The van der Waals surface area contributed by atoms with Crippen molar-refractivity contribution in [1.82, 2.24) is 19.9 Å². The number of nitrogens with one attached hydrogen (secondary N) is 2. The molecule has 5 heterocycles. The van der Waals surface area contributed by atoms with Crippen LogP contribution >= 0.6 is 0 Å². The molecule has 0 unspecified atom stereocenters. The smallest absolute Gasteiger partial charge is 0.335 e. The molecule has 0 saturated heterocycles. The van der Waals surface area contributed by atoms with Crippen molar-refractivity contribution in [1.29, 1.82) is 0 Å². The second-order valence-corrected chi connectivity index (χ2v) is 11.0. The van der Waals surface area contributed by atoms with Crippen molar-refractivity contribution in [3.8, 4) is 33.4 Å². The van der Waals surface area contributed by atoms with E-state index in [0.29, 0.717) is 0 Å². The molecule has 3 aromatic carbocycles. The summed E-state index contributed by atoms with van der Waals surface area (Å²) in [6.45, 7) is 0. The van der Waals surface area contributed by atoms with E-state index in [-0.39, 0.29) is 5.56 Å². The van der Waals surface area contributed by atoms with Gasteiger partial charge in [0.2, 0.25) is 0 Å². The van der Waals surface area contributed by atoms with Gasteiger partial charge in [-0.05, 0) is 83.5 Å². The average Bonchev–Trinajstić information content (AvgIpc) is 3.90. The fraction of sp³-hybridized carbons (Fsp3) is 0. The second kappa shape index (κ2) is 10.8. The highest BCUT2D eigenvalue weighted by molar-refractivity contribution is 5.98. The molecule has 0 amide bonds. The fourth-order valence-corrected chi connectivity index (χ4v) is 6.04. The monoisotopic (exact) mass is 582 g/mol. The Balaban J connectivity index is 1.51. The van der Waals surface area contributed by atoms with Crippen LogP contribution in [0.25, 0.3) is 79.8 Å². The first kappa shape index (κ1) is 26.4. The van der Waals surface area contributed by atoms with Crippen LogP contribution < -0.4 is 0 Å². The molecule has 0 radical (unpaired) electrons. The molecule has 0 atom stereocenters. The van der Waals surface area contributed by atoms with Crippen LogP contribution in [-0.2, 0) is 0 Å². The lowest BCUT2D eigenvalue weighted by Crippen LogP contribution is -1.95. The predicted molar refractivity (Wildman–Crippen MR) is 182 cm³/mol. The molecule has 6 nitrogen and oxygen atoms in total. The van der Waals surface area contributed by atoms with Crippen molar-refractivity contribution in [2.45, 2.75) is 0 Å². The van der Waals surface area contributed by atoms with Gasteiger partial charge in [-0.15, -0.1) is 0 Å². The summed E-state index contributed by atoms with van der Waals surface area (Å²) in [6.07, 6.45) is 8.16. The number of carboxylic acid groups (broad SMARTS) is 1. The van der Waals surface area contributed by atoms with Crippen LogP contribution in [0.15, 0.2) is 115 Å². The van der Waals surface area contributed by atoms with Gasteiger partial charge in [0.25, 0.3) is 0 Å². The van der Waals surface area contributed by atoms with Gasteiger partial charge in [-0.25, -0.2) is 14.8 Å². The van der Waals surface area contributed by atoms with Gasteiger partial charge in [0, 0.05) is 38.8 Å². The summed E-state index contributed by atoms with van der Waals surface area (Å²) in [5.41, 5.74) is 13.0. The van der Waals surface area contributed by atoms with Gasteiger partial charge >= 0.3 is 5.97 Å². The number of aromatic carboxylic acids is 1. The molecule has 3 N–H and O–H groups in total. The second-order valence-electron chi connectivity index (χ2n) is 11.0. The number of aromatic amines is 2. The number of aromatic nitrogens is 4. The Labute approximate surface area is 258 Å². The Hall–Kier alpha value is -6.27. The predicted octanol–water partition coefficient (Wildman–Crippen LogP) is 9.35. The zero-order valence-corrected chi connectivity index (χ0v) is 24.0. The number of H-pyrrole nitrogens is 2. The summed E-state index contributed by atoms with van der Waals surface area (Å²) < 4.78 is 0. The summed E-state index contributed by atoms with van der Waals surface area (Å²) >= 11 is 0. The third kappa shape index (κ3) is 4.84. The Kier molecular flexibility index (Phi) is 6.31. The molecule has 3 aromatic heterocycles. The van der Waals surface area contributed by atoms with Crippen LogP contribution in [-0.4, -0.2) is 31.0 Å². The van der Waals surface area contributed by atoms with Crippen LogP contribution in [0.5, 0.6) is 0 Å². The number of rotatable bonds is 4. The number of benzene rings is 3. The molecule has 6 aromatic rings. The van der Waals surface area contributed by atoms with E-state index < -0.39 is 5.97 Å². The summed E-state index contributed by atoms with van der Waals surface area (Å²) in [5, 5.41) is 9.50. The highest BCUT2D eigenvalue weighted by Crippen LogP contribution is 2.36. The topological polar surface area (TPSA) is 94.7 Å². The van der Waals surface area contributed by atoms with Gasteiger partial charge in [0.05, 0.1) is 28.3 Å². The first-order chi connectivity index (χ1) is 22.1. The molecule has 8 bridgehead atoms. The highest BCUT2D eigenvalue weighted by atomic mass is 16.4. The molecule has 45 heavy (non-hydrogen) atoms. The van der Waals surface area contributed by atoms with E-state index in [1.165, 1.54) is 0 Å². The minimum absolute atomic E-state index is 0.233. The van der Waals surface area contributed by atoms with Gasteiger partial charge in [0.15, 0.2) is 0 Å². The lowest BCUT2D eigenvalue weighted by molar-refractivity contribution is 0.0697. The summed E-state index contributed by atoms with van der Waals surface area (Å²) in [4.78, 5) is 29.1. The highest BCUT2D eigenvalue weighted by Gasteiger charge is 2.17. The molecule has 2 aliphatic rings. The van der Waals surface area contributed by atoms with E-state index in [1.54, 1.807) is 12.1 Å². The minimum Gasteiger partial charge on any atom is -0.478 e. The lowest BCUT2D eigenvalue weighted by atomic mass is 10.0.